The molecule has 0 aliphatic carbocycles. The predicted molar refractivity (Wildman–Crippen MR) is 77.7 cm³/mol. The summed E-state index contributed by atoms with van der Waals surface area (Å²) in [6, 6.07) is -0.634. The fraction of sp³-hybridized carbons (Fsp3) is 0.923. The maximum atomic E-state index is 12.1. The summed E-state index contributed by atoms with van der Waals surface area (Å²) in [6.07, 6.45) is 3.33. The lowest BCUT2D eigenvalue weighted by Gasteiger charge is -2.32. The van der Waals surface area contributed by atoms with Gasteiger partial charge in [0.1, 0.15) is 6.04 Å². The number of piperidine rings is 1. The first-order valence-electron chi connectivity index (χ1n) is 7.14. The highest BCUT2D eigenvalue weighted by molar-refractivity contribution is 7.88. The number of aliphatic hydroxyl groups is 1. The molecule has 1 heterocycles. The van der Waals surface area contributed by atoms with Gasteiger partial charge in [-0.1, -0.05) is 20.3 Å². The first kappa shape index (κ1) is 17.4. The largest absolute Gasteiger partial charge is 0.391 e. The van der Waals surface area contributed by atoms with E-state index in [4.69, 9.17) is 0 Å². The molecule has 7 heteroatoms. The quantitative estimate of drug-likeness (QED) is 0.740. The maximum Gasteiger partial charge on any atom is 0.238 e. The van der Waals surface area contributed by atoms with Crippen LogP contribution in [0.5, 0.6) is 0 Å². The standard InChI is InChI=1S/C13H26N2O4S/c1-10(2)8-11(16)9-14-13(17)12-6-4-5-7-15(12)20(3,18)19/h10-12,16H,4-9H2,1-3H3,(H,14,17). The van der Waals surface area contributed by atoms with Crippen molar-refractivity contribution in [3.05, 3.63) is 0 Å². The summed E-state index contributed by atoms with van der Waals surface area (Å²) in [4.78, 5) is 12.1. The molecule has 2 unspecified atom stereocenters. The third kappa shape index (κ3) is 5.38. The van der Waals surface area contributed by atoms with Crippen LogP contribution in [0, 0.1) is 5.92 Å². The highest BCUT2D eigenvalue weighted by atomic mass is 32.2. The molecule has 118 valence electrons. The Hall–Kier alpha value is -0.660. The van der Waals surface area contributed by atoms with Crippen LogP contribution in [0.3, 0.4) is 0 Å². The molecule has 0 saturated carbocycles. The van der Waals surface area contributed by atoms with Crippen LogP contribution < -0.4 is 5.32 Å². The van der Waals surface area contributed by atoms with Crippen molar-refractivity contribution in [2.45, 2.75) is 51.7 Å². The van der Waals surface area contributed by atoms with E-state index in [9.17, 15) is 18.3 Å². The zero-order valence-corrected chi connectivity index (χ0v) is 13.3. The van der Waals surface area contributed by atoms with Gasteiger partial charge >= 0.3 is 0 Å². The molecule has 1 fully saturated rings. The highest BCUT2D eigenvalue weighted by Gasteiger charge is 2.34. The average molecular weight is 306 g/mol. The normalized spacial score (nSPS) is 22.8. The lowest BCUT2D eigenvalue weighted by Crippen LogP contribution is -2.52. The topological polar surface area (TPSA) is 86.7 Å². The number of hydrogen-bond acceptors (Lipinski definition) is 4. The smallest absolute Gasteiger partial charge is 0.238 e. The molecule has 1 amide bonds. The average Bonchev–Trinajstić information content (AvgIpc) is 2.34. The molecule has 1 aliphatic rings. The molecule has 1 rings (SSSR count). The molecule has 0 radical (unpaired) electrons. The van der Waals surface area contributed by atoms with Gasteiger partial charge in [-0.15, -0.1) is 0 Å². The van der Waals surface area contributed by atoms with E-state index >= 15 is 0 Å². The van der Waals surface area contributed by atoms with Gasteiger partial charge in [-0.3, -0.25) is 4.79 Å². The molecule has 1 aliphatic heterocycles. The van der Waals surface area contributed by atoms with Gasteiger partial charge in [0.25, 0.3) is 0 Å². The number of nitrogens with one attached hydrogen (secondary N) is 1. The minimum atomic E-state index is -3.37. The van der Waals surface area contributed by atoms with Crippen LogP contribution in [0.4, 0.5) is 0 Å². The number of rotatable bonds is 6. The van der Waals surface area contributed by atoms with Gasteiger partial charge < -0.3 is 10.4 Å². The first-order valence-corrected chi connectivity index (χ1v) is 8.99. The lowest BCUT2D eigenvalue weighted by atomic mass is 10.0. The monoisotopic (exact) mass is 306 g/mol. The molecule has 0 spiro atoms. The molecule has 0 aromatic rings. The first-order chi connectivity index (χ1) is 9.21. The fourth-order valence-corrected chi connectivity index (χ4v) is 3.65. The van der Waals surface area contributed by atoms with E-state index < -0.39 is 22.2 Å². The molecule has 0 aromatic heterocycles. The van der Waals surface area contributed by atoms with Gasteiger partial charge in [-0.2, -0.15) is 4.31 Å². The molecule has 0 aromatic carbocycles. The summed E-state index contributed by atoms with van der Waals surface area (Å²) < 4.78 is 24.6. The van der Waals surface area contributed by atoms with Gasteiger partial charge in [-0.05, 0) is 25.2 Å². The van der Waals surface area contributed by atoms with E-state index in [2.05, 4.69) is 5.32 Å². The maximum absolute atomic E-state index is 12.1. The van der Waals surface area contributed by atoms with E-state index in [-0.39, 0.29) is 12.5 Å². The molecular formula is C13H26N2O4S. The molecule has 6 nitrogen and oxygen atoms in total. The Morgan fingerprint density at radius 2 is 2.05 bits per heavy atom. The predicted octanol–water partition coefficient (Wildman–Crippen LogP) is 0.324. The van der Waals surface area contributed by atoms with Crippen molar-refractivity contribution in [3.63, 3.8) is 0 Å². The number of aliphatic hydroxyl groups excluding tert-OH is 1. The Morgan fingerprint density at radius 3 is 2.60 bits per heavy atom. The van der Waals surface area contributed by atoms with Crippen LogP contribution in [0.1, 0.15) is 39.5 Å². The summed E-state index contributed by atoms with van der Waals surface area (Å²) in [5.41, 5.74) is 0. The minimum absolute atomic E-state index is 0.172. The van der Waals surface area contributed by atoms with Crippen molar-refractivity contribution in [3.8, 4) is 0 Å². The van der Waals surface area contributed by atoms with E-state index in [1.807, 2.05) is 13.8 Å². The number of nitrogens with zero attached hydrogens (tertiary/aromatic N) is 1. The second-order valence-electron chi connectivity index (χ2n) is 5.91. The van der Waals surface area contributed by atoms with Crippen molar-refractivity contribution >= 4 is 15.9 Å². The van der Waals surface area contributed by atoms with Crippen LogP contribution in [0.15, 0.2) is 0 Å². The number of carbonyl (C=O) groups excluding carboxylic acids is 1. The third-order valence-corrected chi connectivity index (χ3v) is 4.73. The van der Waals surface area contributed by atoms with Crippen LogP contribution >= 0.6 is 0 Å². The second kappa shape index (κ2) is 7.38. The Balaban J connectivity index is 2.56. The number of amides is 1. The van der Waals surface area contributed by atoms with Crippen LogP contribution in [-0.2, 0) is 14.8 Å². The molecule has 2 N–H and O–H groups in total. The molecule has 20 heavy (non-hydrogen) atoms. The summed E-state index contributed by atoms with van der Waals surface area (Å²) in [5, 5.41) is 12.4. The van der Waals surface area contributed by atoms with Crippen LogP contribution in [0.25, 0.3) is 0 Å². The third-order valence-electron chi connectivity index (χ3n) is 3.44. The molecular weight excluding hydrogens is 280 g/mol. The lowest BCUT2D eigenvalue weighted by molar-refractivity contribution is -0.126. The van der Waals surface area contributed by atoms with Crippen LogP contribution in [0.2, 0.25) is 0 Å². The van der Waals surface area contributed by atoms with Crippen molar-refractivity contribution < 1.29 is 18.3 Å². The zero-order chi connectivity index (χ0) is 15.3. The van der Waals surface area contributed by atoms with E-state index in [1.165, 1.54) is 4.31 Å². The number of carbonyl (C=O) groups is 1. The molecule has 0 bridgehead atoms. The van der Waals surface area contributed by atoms with Crippen molar-refractivity contribution in [1.82, 2.24) is 9.62 Å². The van der Waals surface area contributed by atoms with Crippen molar-refractivity contribution in [2.75, 3.05) is 19.3 Å². The van der Waals surface area contributed by atoms with Gasteiger partial charge in [0.05, 0.1) is 12.4 Å². The summed E-state index contributed by atoms with van der Waals surface area (Å²) in [7, 11) is -3.37. The van der Waals surface area contributed by atoms with E-state index in [1.54, 1.807) is 0 Å². The summed E-state index contributed by atoms with van der Waals surface area (Å²) in [5.74, 6) is 0.0435. The van der Waals surface area contributed by atoms with E-state index in [0.29, 0.717) is 25.3 Å². The highest BCUT2D eigenvalue weighted by Crippen LogP contribution is 2.20. The molecule has 1 saturated heterocycles. The zero-order valence-electron chi connectivity index (χ0n) is 12.5. The SMILES string of the molecule is CC(C)CC(O)CNC(=O)C1CCCCN1S(C)(=O)=O. The van der Waals surface area contributed by atoms with Crippen molar-refractivity contribution in [1.29, 1.82) is 0 Å². The Morgan fingerprint density at radius 1 is 1.40 bits per heavy atom. The Labute approximate surface area is 121 Å². The van der Waals surface area contributed by atoms with Gasteiger partial charge in [0, 0.05) is 13.1 Å². The Kier molecular flexibility index (Phi) is 6.42. The molecule has 2 atom stereocenters. The van der Waals surface area contributed by atoms with E-state index in [0.717, 1.165) is 19.1 Å². The van der Waals surface area contributed by atoms with Crippen molar-refractivity contribution in [2.24, 2.45) is 5.92 Å². The van der Waals surface area contributed by atoms with Crippen LogP contribution in [-0.4, -0.2) is 55.2 Å². The number of hydrogen-bond donors (Lipinski definition) is 2. The Bertz CT molecular complexity index is 422. The summed E-state index contributed by atoms with van der Waals surface area (Å²) >= 11 is 0. The van der Waals surface area contributed by atoms with Gasteiger partial charge in [-0.25, -0.2) is 8.42 Å². The minimum Gasteiger partial charge on any atom is -0.391 e. The van der Waals surface area contributed by atoms with Gasteiger partial charge in [0.15, 0.2) is 0 Å². The number of sulfonamides is 1. The summed E-state index contributed by atoms with van der Waals surface area (Å²) in [6.45, 7) is 4.56. The van der Waals surface area contributed by atoms with Gasteiger partial charge in [0.2, 0.25) is 15.9 Å². The fourth-order valence-electron chi connectivity index (χ4n) is 2.53. The second-order valence-corrected chi connectivity index (χ2v) is 7.85.